The van der Waals surface area contributed by atoms with Crippen LogP contribution in [0.5, 0.6) is 0 Å². The summed E-state index contributed by atoms with van der Waals surface area (Å²) in [4.78, 5) is 0. The summed E-state index contributed by atoms with van der Waals surface area (Å²) >= 11 is 0. The van der Waals surface area contributed by atoms with Crippen LogP contribution in [0.1, 0.15) is 19.4 Å². The van der Waals surface area contributed by atoms with Gasteiger partial charge in [0.2, 0.25) is 0 Å². The van der Waals surface area contributed by atoms with Crippen LogP contribution in [0.15, 0.2) is 121 Å². The third-order valence-electron chi connectivity index (χ3n) is 7.89. The van der Waals surface area contributed by atoms with Crippen LogP contribution in [0.4, 0.5) is 0 Å². The van der Waals surface area contributed by atoms with Crippen LogP contribution >= 0.6 is 0 Å². The normalized spacial score (nSPS) is 12.7. The number of hydrogen-bond donors (Lipinski definition) is 0. The molecule has 7 aromatic rings. The molecule has 0 N–H and O–H groups in total. The molecule has 38 heavy (non-hydrogen) atoms. The zero-order chi connectivity index (χ0) is 25.8. The number of para-hydroxylation sites is 2. The van der Waals surface area contributed by atoms with E-state index in [0.717, 1.165) is 5.22 Å². The lowest BCUT2D eigenvalue weighted by Crippen LogP contribution is -2.29. The molecule has 0 amide bonds. The summed E-state index contributed by atoms with van der Waals surface area (Å²) < 4.78 is 2.38. The second kappa shape index (κ2) is 8.75. The van der Waals surface area contributed by atoms with Gasteiger partial charge in [-0.1, -0.05) is 111 Å². The van der Waals surface area contributed by atoms with Gasteiger partial charge in [0.05, 0.1) is 11.0 Å². The third kappa shape index (κ3) is 3.32. The van der Waals surface area contributed by atoms with Gasteiger partial charge in [0, 0.05) is 16.5 Å². The Morgan fingerprint density at radius 2 is 1.11 bits per heavy atom. The minimum absolute atomic E-state index is 0.319. The molecule has 0 unspecified atom stereocenters. The Morgan fingerprint density at radius 1 is 0.553 bits per heavy atom. The predicted octanol–water partition coefficient (Wildman–Crippen LogP) is 8.36. The van der Waals surface area contributed by atoms with Gasteiger partial charge in [-0.2, -0.15) is 0 Å². The van der Waals surface area contributed by atoms with Crippen molar-refractivity contribution in [2.75, 3.05) is 0 Å². The van der Waals surface area contributed by atoms with Gasteiger partial charge in [-0.15, -0.1) is 0 Å². The molecule has 7 rings (SSSR count). The van der Waals surface area contributed by atoms with E-state index in [1.54, 1.807) is 0 Å². The fourth-order valence-electron chi connectivity index (χ4n) is 6.28. The zero-order valence-electron chi connectivity index (χ0n) is 21.8. The van der Waals surface area contributed by atoms with Crippen LogP contribution in [0, 0.1) is 5.92 Å². The number of aromatic nitrogens is 1. The Kier molecular flexibility index (Phi) is 5.19. The van der Waals surface area contributed by atoms with Crippen LogP contribution < -0.4 is 10.4 Å². The molecule has 0 aliphatic heterocycles. The Morgan fingerprint density at radius 3 is 1.82 bits per heavy atom. The molecular weight excluding hydrogens is 458 g/mol. The first-order chi connectivity index (χ1) is 18.6. The van der Waals surface area contributed by atoms with Gasteiger partial charge in [0.1, 0.15) is 0 Å². The lowest BCUT2D eigenvalue weighted by Gasteiger charge is -2.16. The van der Waals surface area contributed by atoms with Crippen LogP contribution in [-0.4, -0.2) is 4.57 Å². The average Bonchev–Trinajstić information content (AvgIpc) is 3.29. The van der Waals surface area contributed by atoms with E-state index in [4.69, 9.17) is 0 Å². The number of hydrogen-bond acceptors (Lipinski definition) is 0. The molecule has 182 valence electrons. The maximum Gasteiger partial charge on any atom is 0.0541 e. The highest BCUT2D eigenvalue weighted by molar-refractivity contribution is 6.11. The molecule has 0 atom stereocenters. The van der Waals surface area contributed by atoms with Crippen molar-refractivity contribution in [3.63, 3.8) is 0 Å². The molecule has 0 saturated heterocycles. The molecule has 6 aromatic carbocycles. The molecule has 1 heteroatoms. The van der Waals surface area contributed by atoms with E-state index in [-0.39, 0.29) is 0 Å². The predicted molar refractivity (Wildman–Crippen MR) is 164 cm³/mol. The SMILES string of the molecule is C=c1/c(=C(/c2ccc3c(c2)c2ccccc2n3-c2ccccc2)C(C)C)c2ccccc2c2ccccc12. The van der Waals surface area contributed by atoms with Crippen molar-refractivity contribution in [1.82, 2.24) is 4.57 Å². The number of nitrogens with zero attached hydrogens (tertiary/aromatic N) is 1. The number of fused-ring (bicyclic) bond motifs is 6. The molecule has 1 nitrogen and oxygen atoms in total. The van der Waals surface area contributed by atoms with Gasteiger partial charge in [0.15, 0.2) is 0 Å². The maximum absolute atomic E-state index is 4.66. The zero-order valence-corrected chi connectivity index (χ0v) is 21.8. The maximum atomic E-state index is 4.66. The first kappa shape index (κ1) is 22.6. The van der Waals surface area contributed by atoms with Gasteiger partial charge in [-0.3, -0.25) is 0 Å². The summed E-state index contributed by atoms with van der Waals surface area (Å²) in [6, 6.07) is 43.8. The quantitative estimate of drug-likeness (QED) is 0.221. The van der Waals surface area contributed by atoms with Gasteiger partial charge in [-0.05, 0) is 79.4 Å². The Balaban J connectivity index is 1.63. The first-order valence-corrected chi connectivity index (χ1v) is 13.3. The van der Waals surface area contributed by atoms with E-state index >= 15 is 0 Å². The first-order valence-electron chi connectivity index (χ1n) is 13.3. The van der Waals surface area contributed by atoms with Gasteiger partial charge >= 0.3 is 0 Å². The molecule has 1 heterocycles. The van der Waals surface area contributed by atoms with Gasteiger partial charge < -0.3 is 4.57 Å². The standard InChI is InChI=1S/C37H29N/c1-24(2)36(37-25(3)28-15-7-8-16-29(28)30-17-9-10-19-32(30)37)26-21-22-35-33(23-26)31-18-11-12-20-34(31)38(35)27-13-5-4-6-14-27/h4-24H,3H2,1-2H3/b37-36-. The Labute approximate surface area is 222 Å². The van der Waals surface area contributed by atoms with Crippen molar-refractivity contribution < 1.29 is 0 Å². The van der Waals surface area contributed by atoms with Gasteiger partial charge in [0.25, 0.3) is 0 Å². The van der Waals surface area contributed by atoms with Crippen molar-refractivity contribution in [2.45, 2.75) is 13.8 Å². The number of benzene rings is 6. The van der Waals surface area contributed by atoms with Crippen molar-refractivity contribution in [3.8, 4) is 5.69 Å². The molecule has 1 aromatic heterocycles. The fraction of sp³-hybridized carbons (Fsp3) is 0.0811. The fourth-order valence-corrected chi connectivity index (χ4v) is 6.28. The van der Waals surface area contributed by atoms with E-state index in [0.29, 0.717) is 5.92 Å². The molecular formula is C37H29N. The van der Waals surface area contributed by atoms with Crippen molar-refractivity contribution in [2.24, 2.45) is 5.92 Å². The molecule has 0 aliphatic carbocycles. The minimum Gasteiger partial charge on any atom is -0.309 e. The highest BCUT2D eigenvalue weighted by atomic mass is 15.0. The lowest BCUT2D eigenvalue weighted by molar-refractivity contribution is 0.851. The van der Waals surface area contributed by atoms with E-state index in [2.05, 4.69) is 146 Å². The lowest BCUT2D eigenvalue weighted by atomic mass is 9.88. The minimum atomic E-state index is 0.319. The van der Waals surface area contributed by atoms with E-state index < -0.39 is 0 Å². The summed E-state index contributed by atoms with van der Waals surface area (Å²) in [5.74, 6) is 0.319. The Bertz CT molecular complexity index is 2110. The second-order valence-electron chi connectivity index (χ2n) is 10.4. The molecule has 0 aliphatic rings. The van der Waals surface area contributed by atoms with Crippen LogP contribution in [-0.2, 0) is 0 Å². The van der Waals surface area contributed by atoms with Crippen molar-refractivity contribution in [1.29, 1.82) is 0 Å². The second-order valence-corrected chi connectivity index (χ2v) is 10.4. The molecule has 0 spiro atoms. The highest BCUT2D eigenvalue weighted by Gasteiger charge is 2.17. The number of rotatable bonds is 3. The smallest absolute Gasteiger partial charge is 0.0541 e. The Hall–Kier alpha value is -4.62. The molecule has 0 saturated carbocycles. The summed E-state index contributed by atoms with van der Waals surface area (Å²) in [5, 5.41) is 9.96. The summed E-state index contributed by atoms with van der Waals surface area (Å²) in [6.45, 7) is 9.26. The van der Waals surface area contributed by atoms with Crippen molar-refractivity contribution in [3.05, 3.63) is 137 Å². The van der Waals surface area contributed by atoms with Crippen LogP contribution in [0.25, 0.3) is 61.2 Å². The topological polar surface area (TPSA) is 4.93 Å². The highest BCUT2D eigenvalue weighted by Crippen LogP contribution is 2.35. The van der Waals surface area contributed by atoms with E-state index in [1.807, 2.05) is 0 Å². The largest absolute Gasteiger partial charge is 0.309 e. The van der Waals surface area contributed by atoms with Crippen LogP contribution in [0.2, 0.25) is 0 Å². The molecule has 0 bridgehead atoms. The van der Waals surface area contributed by atoms with Gasteiger partial charge in [-0.25, -0.2) is 0 Å². The molecule has 0 radical (unpaired) electrons. The van der Waals surface area contributed by atoms with E-state index in [1.165, 1.54) is 65.4 Å². The average molecular weight is 488 g/mol. The van der Waals surface area contributed by atoms with Crippen LogP contribution in [0.3, 0.4) is 0 Å². The van der Waals surface area contributed by atoms with E-state index in [9.17, 15) is 0 Å². The summed E-state index contributed by atoms with van der Waals surface area (Å²) in [6.07, 6.45) is 0. The van der Waals surface area contributed by atoms with Crippen molar-refractivity contribution >= 4 is 55.5 Å². The molecule has 0 fully saturated rings. The summed E-state index contributed by atoms with van der Waals surface area (Å²) in [5.41, 5.74) is 6.23. The summed E-state index contributed by atoms with van der Waals surface area (Å²) in [7, 11) is 0. The third-order valence-corrected chi connectivity index (χ3v) is 7.89. The monoisotopic (exact) mass is 487 g/mol.